The van der Waals surface area contributed by atoms with Crippen molar-refractivity contribution in [3.8, 4) is 5.75 Å². The Balaban J connectivity index is 2.56. The fourth-order valence-electron chi connectivity index (χ4n) is 3.75. The molecule has 0 saturated carbocycles. The largest absolute Gasteiger partial charge is 0.495 e. The minimum atomic E-state index is -3.92. The fraction of sp³-hybridized carbons (Fsp3) is 0.650. The molecule has 158 valence electrons. The van der Waals surface area contributed by atoms with E-state index in [-0.39, 0.29) is 29.9 Å². The Morgan fingerprint density at radius 1 is 1.25 bits per heavy atom. The molecule has 1 heterocycles. The number of ether oxygens (including phenoxy) is 1. The Bertz CT molecular complexity index is 820. The molecule has 8 heteroatoms. The molecule has 0 spiro atoms. The summed E-state index contributed by atoms with van der Waals surface area (Å²) in [5.74, 6) is -1.23. The molecule has 1 aliphatic rings. The van der Waals surface area contributed by atoms with E-state index in [1.807, 2.05) is 39.8 Å². The van der Waals surface area contributed by atoms with Crippen LogP contribution >= 0.6 is 0 Å². The maximum Gasteiger partial charge on any atom is 0.307 e. The van der Waals surface area contributed by atoms with Gasteiger partial charge in [0.25, 0.3) is 0 Å². The second kappa shape index (κ2) is 8.80. The van der Waals surface area contributed by atoms with E-state index in [0.717, 1.165) is 11.1 Å². The Morgan fingerprint density at radius 3 is 2.39 bits per heavy atom. The number of carbonyl (C=O) groups is 1. The third kappa shape index (κ3) is 4.67. The third-order valence-electron chi connectivity index (χ3n) is 5.56. The van der Waals surface area contributed by atoms with Gasteiger partial charge in [-0.3, -0.25) is 4.79 Å². The second-order valence-corrected chi connectivity index (χ2v) is 9.97. The summed E-state index contributed by atoms with van der Waals surface area (Å²) in [6.07, 6.45) is 1.09. The molecule has 1 N–H and O–H groups in total. The van der Waals surface area contributed by atoms with E-state index in [0.29, 0.717) is 18.6 Å². The molecule has 0 aromatic heterocycles. The zero-order valence-corrected chi connectivity index (χ0v) is 18.4. The first kappa shape index (κ1) is 22.6. The zero-order valence-electron chi connectivity index (χ0n) is 17.6. The number of sulfonamides is 1. The summed E-state index contributed by atoms with van der Waals surface area (Å²) in [4.78, 5) is 13.7. The average Bonchev–Trinajstić information content (AvgIpc) is 2.84. The van der Waals surface area contributed by atoms with Gasteiger partial charge in [0.05, 0.1) is 13.0 Å². The number of hydrogen-bond acceptors (Lipinski definition) is 5. The van der Waals surface area contributed by atoms with Gasteiger partial charge in [0.2, 0.25) is 10.0 Å². The Morgan fingerprint density at radius 2 is 1.89 bits per heavy atom. The van der Waals surface area contributed by atoms with Gasteiger partial charge in [-0.15, -0.1) is 0 Å². The van der Waals surface area contributed by atoms with Gasteiger partial charge in [0, 0.05) is 19.1 Å². The molecule has 2 rings (SSSR count). The van der Waals surface area contributed by atoms with Crippen LogP contribution in [-0.2, 0) is 14.8 Å². The number of aliphatic carboxylic acids is 1. The smallest absolute Gasteiger partial charge is 0.307 e. The summed E-state index contributed by atoms with van der Waals surface area (Å²) in [6.45, 7) is 6.19. The Kier molecular flexibility index (Phi) is 7.12. The molecule has 1 saturated heterocycles. The van der Waals surface area contributed by atoms with E-state index in [1.165, 1.54) is 11.4 Å². The first-order valence-electron chi connectivity index (χ1n) is 9.56. The number of rotatable bonds is 6. The van der Waals surface area contributed by atoms with E-state index < -0.39 is 21.9 Å². The topological polar surface area (TPSA) is 87.2 Å². The van der Waals surface area contributed by atoms with Crippen molar-refractivity contribution in [2.24, 2.45) is 5.92 Å². The highest BCUT2D eigenvalue weighted by Crippen LogP contribution is 2.34. The van der Waals surface area contributed by atoms with Crippen LogP contribution in [0.4, 0.5) is 0 Å². The van der Waals surface area contributed by atoms with Gasteiger partial charge in [0.15, 0.2) is 0 Å². The van der Waals surface area contributed by atoms with Gasteiger partial charge in [-0.05, 0) is 63.0 Å². The molecule has 1 fully saturated rings. The lowest BCUT2D eigenvalue weighted by Crippen LogP contribution is -2.43. The number of hydrogen-bond donors (Lipinski definition) is 1. The summed E-state index contributed by atoms with van der Waals surface area (Å²) < 4.78 is 33.9. The van der Waals surface area contributed by atoms with E-state index in [1.54, 1.807) is 12.1 Å². The molecule has 1 aromatic rings. The summed E-state index contributed by atoms with van der Waals surface area (Å²) >= 11 is 0. The molecule has 0 amide bonds. The molecule has 0 unspecified atom stereocenters. The van der Waals surface area contributed by atoms with Crippen LogP contribution in [0.2, 0.25) is 0 Å². The van der Waals surface area contributed by atoms with Crippen LogP contribution in [0.15, 0.2) is 17.0 Å². The number of carboxylic acid groups (broad SMARTS) is 1. The third-order valence-corrected chi connectivity index (χ3v) is 7.41. The number of nitrogens with zero attached hydrogens (tertiary/aromatic N) is 2. The number of likely N-dealkylation sites (N-methyl/N-ethyl adjacent to an activating group) is 1. The Labute approximate surface area is 168 Å². The first-order chi connectivity index (χ1) is 13.0. The van der Waals surface area contributed by atoms with Crippen molar-refractivity contribution >= 4 is 16.0 Å². The predicted molar refractivity (Wildman–Crippen MR) is 108 cm³/mol. The first-order valence-corrected chi connectivity index (χ1v) is 11.0. The summed E-state index contributed by atoms with van der Waals surface area (Å²) in [5.41, 5.74) is 1.91. The molecule has 2 atom stereocenters. The van der Waals surface area contributed by atoms with Crippen molar-refractivity contribution in [2.75, 3.05) is 34.3 Å². The summed E-state index contributed by atoms with van der Waals surface area (Å²) in [6, 6.07) is 3.39. The van der Waals surface area contributed by atoms with E-state index in [2.05, 4.69) is 0 Å². The SMILES string of the molecule is COc1cc(C)c(C(C)C)cc1S(=O)(=O)N1C[C@@H](C(=O)O)CC[C@@H](N(C)C)C1. The van der Waals surface area contributed by atoms with Crippen LogP contribution in [0.3, 0.4) is 0 Å². The lowest BCUT2D eigenvalue weighted by atomic mass is 9.98. The van der Waals surface area contributed by atoms with Gasteiger partial charge in [-0.25, -0.2) is 8.42 Å². The fourth-order valence-corrected chi connectivity index (χ4v) is 5.45. The number of methoxy groups -OCH3 is 1. The van der Waals surface area contributed by atoms with Crippen molar-refractivity contribution in [2.45, 2.75) is 50.5 Å². The lowest BCUT2D eigenvalue weighted by molar-refractivity contribution is -0.142. The van der Waals surface area contributed by atoms with Crippen molar-refractivity contribution < 1.29 is 23.1 Å². The van der Waals surface area contributed by atoms with Crippen molar-refractivity contribution in [3.63, 3.8) is 0 Å². The van der Waals surface area contributed by atoms with E-state index in [9.17, 15) is 18.3 Å². The standard InChI is InChI=1S/C20H32N2O5S/c1-13(2)17-10-19(18(27-6)9-14(17)3)28(25,26)22-11-15(20(23)24)7-8-16(12-22)21(4)5/h9-10,13,15-16H,7-8,11-12H2,1-6H3,(H,23,24)/t15-,16+/m0/s1. The number of benzene rings is 1. The van der Waals surface area contributed by atoms with Crippen LogP contribution in [-0.4, -0.2) is 69.0 Å². The zero-order chi connectivity index (χ0) is 21.2. The normalized spacial score (nSPS) is 21.7. The minimum Gasteiger partial charge on any atom is -0.495 e. The van der Waals surface area contributed by atoms with Gasteiger partial charge >= 0.3 is 5.97 Å². The predicted octanol–water partition coefficient (Wildman–Crippen LogP) is 2.54. The molecule has 28 heavy (non-hydrogen) atoms. The molecule has 0 aliphatic carbocycles. The van der Waals surface area contributed by atoms with Crippen LogP contribution in [0.5, 0.6) is 5.75 Å². The highest BCUT2D eigenvalue weighted by Gasteiger charge is 2.37. The number of aryl methyl sites for hydroxylation is 1. The van der Waals surface area contributed by atoms with Gasteiger partial charge < -0.3 is 14.7 Å². The Hall–Kier alpha value is -1.64. The summed E-state index contributed by atoms with van der Waals surface area (Å²) in [5, 5.41) is 9.54. The molecule has 0 bridgehead atoms. The monoisotopic (exact) mass is 412 g/mol. The maximum atomic E-state index is 13.6. The average molecular weight is 413 g/mol. The molecule has 1 aliphatic heterocycles. The highest BCUT2D eigenvalue weighted by atomic mass is 32.2. The van der Waals surface area contributed by atoms with Crippen LogP contribution < -0.4 is 4.74 Å². The van der Waals surface area contributed by atoms with Gasteiger partial charge in [-0.1, -0.05) is 13.8 Å². The van der Waals surface area contributed by atoms with Crippen molar-refractivity contribution in [1.29, 1.82) is 0 Å². The van der Waals surface area contributed by atoms with Crippen LogP contribution in [0, 0.1) is 12.8 Å². The molecule has 0 radical (unpaired) electrons. The van der Waals surface area contributed by atoms with Crippen LogP contribution in [0.1, 0.15) is 43.7 Å². The van der Waals surface area contributed by atoms with Gasteiger partial charge in [0.1, 0.15) is 10.6 Å². The minimum absolute atomic E-state index is 0.0317. The maximum absolute atomic E-state index is 13.6. The molecular formula is C20H32N2O5S. The van der Waals surface area contributed by atoms with E-state index >= 15 is 0 Å². The summed E-state index contributed by atoms with van der Waals surface area (Å²) in [7, 11) is 1.31. The van der Waals surface area contributed by atoms with Crippen LogP contribution in [0.25, 0.3) is 0 Å². The molecular weight excluding hydrogens is 380 g/mol. The lowest BCUT2D eigenvalue weighted by Gasteiger charge is -2.29. The van der Waals surface area contributed by atoms with E-state index in [4.69, 9.17) is 4.74 Å². The van der Waals surface area contributed by atoms with Crippen molar-refractivity contribution in [3.05, 3.63) is 23.3 Å². The van der Waals surface area contributed by atoms with Gasteiger partial charge in [-0.2, -0.15) is 4.31 Å². The quantitative estimate of drug-likeness (QED) is 0.773. The second-order valence-electron chi connectivity index (χ2n) is 8.07. The molecule has 7 nitrogen and oxygen atoms in total. The number of carboxylic acids is 1. The van der Waals surface area contributed by atoms with Crippen molar-refractivity contribution in [1.82, 2.24) is 9.21 Å². The highest BCUT2D eigenvalue weighted by molar-refractivity contribution is 7.89. The molecule has 1 aromatic carbocycles.